The van der Waals surface area contributed by atoms with E-state index in [-0.39, 0.29) is 24.3 Å². The SMILES string of the molecule is COc1ccccc1N1CCN([C@@H]2CC(=O)N(c3cccc(C)c3)C2=O)CC1. The molecule has 0 aromatic heterocycles. The summed E-state index contributed by atoms with van der Waals surface area (Å²) in [7, 11) is 1.68. The Hall–Kier alpha value is -2.86. The maximum absolute atomic E-state index is 13.0. The summed E-state index contributed by atoms with van der Waals surface area (Å²) >= 11 is 0. The zero-order valence-electron chi connectivity index (χ0n) is 16.3. The lowest BCUT2D eigenvalue weighted by Gasteiger charge is -2.38. The molecule has 1 atom stereocenters. The Morgan fingerprint density at radius 1 is 0.964 bits per heavy atom. The molecular weight excluding hydrogens is 354 g/mol. The highest BCUT2D eigenvalue weighted by molar-refractivity contribution is 6.22. The highest BCUT2D eigenvalue weighted by Crippen LogP contribution is 2.30. The fourth-order valence-corrected chi connectivity index (χ4v) is 4.11. The first kappa shape index (κ1) is 18.5. The van der Waals surface area contributed by atoms with Gasteiger partial charge in [-0.25, -0.2) is 4.90 Å². The molecule has 146 valence electrons. The monoisotopic (exact) mass is 379 g/mol. The number of imide groups is 1. The Labute approximate surface area is 165 Å². The smallest absolute Gasteiger partial charge is 0.251 e. The molecule has 2 aromatic rings. The number of rotatable bonds is 4. The van der Waals surface area contributed by atoms with Crippen LogP contribution in [-0.2, 0) is 9.59 Å². The van der Waals surface area contributed by atoms with Gasteiger partial charge in [0.1, 0.15) is 5.75 Å². The molecule has 2 aliphatic rings. The molecule has 2 aromatic carbocycles. The van der Waals surface area contributed by atoms with E-state index in [1.54, 1.807) is 7.11 Å². The molecule has 0 N–H and O–H groups in total. The number of amides is 2. The normalized spacial score (nSPS) is 20.7. The molecule has 0 saturated carbocycles. The number of para-hydroxylation sites is 2. The zero-order valence-corrected chi connectivity index (χ0v) is 16.3. The molecule has 0 bridgehead atoms. The number of anilines is 2. The average Bonchev–Trinajstić information content (AvgIpc) is 3.02. The van der Waals surface area contributed by atoms with E-state index in [9.17, 15) is 9.59 Å². The van der Waals surface area contributed by atoms with Gasteiger partial charge in [0.25, 0.3) is 5.91 Å². The second-order valence-electron chi connectivity index (χ2n) is 7.32. The molecule has 2 amide bonds. The predicted octanol–water partition coefficient (Wildman–Crippen LogP) is 2.46. The van der Waals surface area contributed by atoms with Crippen molar-refractivity contribution in [1.82, 2.24) is 4.90 Å². The van der Waals surface area contributed by atoms with Gasteiger partial charge in [0.15, 0.2) is 0 Å². The molecule has 2 aliphatic heterocycles. The van der Waals surface area contributed by atoms with Crippen molar-refractivity contribution in [2.24, 2.45) is 0 Å². The van der Waals surface area contributed by atoms with E-state index >= 15 is 0 Å². The molecule has 4 rings (SSSR count). The molecule has 0 spiro atoms. The number of carbonyl (C=O) groups excluding carboxylic acids is 2. The summed E-state index contributed by atoms with van der Waals surface area (Å²) in [6.07, 6.45) is 0.251. The molecule has 0 radical (unpaired) electrons. The number of benzene rings is 2. The van der Waals surface area contributed by atoms with Crippen LogP contribution in [0, 0.1) is 6.92 Å². The second-order valence-corrected chi connectivity index (χ2v) is 7.32. The molecule has 0 unspecified atom stereocenters. The minimum absolute atomic E-state index is 0.110. The quantitative estimate of drug-likeness (QED) is 0.764. The van der Waals surface area contributed by atoms with Crippen LogP contribution in [0.25, 0.3) is 0 Å². The predicted molar refractivity (Wildman–Crippen MR) is 109 cm³/mol. The number of aryl methyl sites for hydroxylation is 1. The van der Waals surface area contributed by atoms with Crippen LogP contribution in [0.2, 0.25) is 0 Å². The lowest BCUT2D eigenvalue weighted by molar-refractivity contribution is -0.123. The summed E-state index contributed by atoms with van der Waals surface area (Å²) in [5.74, 6) is 0.628. The largest absolute Gasteiger partial charge is 0.495 e. The average molecular weight is 379 g/mol. The van der Waals surface area contributed by atoms with E-state index < -0.39 is 0 Å². The van der Waals surface area contributed by atoms with Gasteiger partial charge >= 0.3 is 0 Å². The molecule has 2 heterocycles. The Balaban J connectivity index is 1.45. The molecular formula is C22H25N3O3. The van der Waals surface area contributed by atoms with Crippen LogP contribution in [-0.4, -0.2) is 56.0 Å². The lowest BCUT2D eigenvalue weighted by atomic mass is 10.1. The highest BCUT2D eigenvalue weighted by atomic mass is 16.5. The summed E-state index contributed by atoms with van der Waals surface area (Å²) in [5.41, 5.74) is 2.77. The van der Waals surface area contributed by atoms with Crippen molar-refractivity contribution in [2.45, 2.75) is 19.4 Å². The molecule has 2 fully saturated rings. The first-order valence-corrected chi connectivity index (χ1v) is 9.64. The van der Waals surface area contributed by atoms with Gasteiger partial charge in [-0.2, -0.15) is 0 Å². The summed E-state index contributed by atoms with van der Waals surface area (Å²) < 4.78 is 5.47. The van der Waals surface area contributed by atoms with Crippen LogP contribution >= 0.6 is 0 Å². The minimum atomic E-state index is -0.368. The second kappa shape index (κ2) is 7.64. The molecule has 6 heteroatoms. The summed E-state index contributed by atoms with van der Waals surface area (Å²) in [4.78, 5) is 31.3. The van der Waals surface area contributed by atoms with Gasteiger partial charge in [-0.05, 0) is 36.8 Å². The lowest BCUT2D eigenvalue weighted by Crippen LogP contribution is -2.52. The van der Waals surface area contributed by atoms with Gasteiger partial charge in [0.05, 0.1) is 30.9 Å². The van der Waals surface area contributed by atoms with E-state index in [0.29, 0.717) is 5.69 Å². The van der Waals surface area contributed by atoms with Crippen LogP contribution in [0.4, 0.5) is 11.4 Å². The number of methoxy groups -OCH3 is 1. The topological polar surface area (TPSA) is 53.1 Å². The number of nitrogens with zero attached hydrogens (tertiary/aromatic N) is 3. The third-order valence-electron chi connectivity index (χ3n) is 5.56. The number of ether oxygens (including phenoxy) is 1. The van der Waals surface area contributed by atoms with Crippen molar-refractivity contribution in [3.63, 3.8) is 0 Å². The van der Waals surface area contributed by atoms with Crippen molar-refractivity contribution >= 4 is 23.2 Å². The number of hydrogen-bond acceptors (Lipinski definition) is 5. The van der Waals surface area contributed by atoms with Crippen molar-refractivity contribution < 1.29 is 14.3 Å². The number of carbonyl (C=O) groups is 2. The molecule has 2 saturated heterocycles. The maximum Gasteiger partial charge on any atom is 0.251 e. The number of piperazine rings is 1. The van der Waals surface area contributed by atoms with E-state index in [1.165, 1.54) is 4.90 Å². The van der Waals surface area contributed by atoms with Gasteiger partial charge in [-0.3, -0.25) is 14.5 Å². The van der Waals surface area contributed by atoms with Gasteiger partial charge < -0.3 is 9.64 Å². The summed E-state index contributed by atoms with van der Waals surface area (Å²) in [6, 6.07) is 15.2. The van der Waals surface area contributed by atoms with E-state index in [0.717, 1.165) is 43.2 Å². The third-order valence-corrected chi connectivity index (χ3v) is 5.56. The molecule has 6 nitrogen and oxygen atoms in total. The van der Waals surface area contributed by atoms with Crippen LogP contribution in [0.5, 0.6) is 5.75 Å². The van der Waals surface area contributed by atoms with Crippen LogP contribution < -0.4 is 14.5 Å². The number of hydrogen-bond donors (Lipinski definition) is 0. The van der Waals surface area contributed by atoms with E-state index in [4.69, 9.17) is 4.74 Å². The summed E-state index contributed by atoms with van der Waals surface area (Å²) in [5, 5.41) is 0. The Kier molecular flexibility index (Phi) is 5.05. The van der Waals surface area contributed by atoms with Crippen molar-refractivity contribution in [3.8, 4) is 5.75 Å². The van der Waals surface area contributed by atoms with Crippen molar-refractivity contribution in [2.75, 3.05) is 43.1 Å². The maximum atomic E-state index is 13.0. The molecule has 28 heavy (non-hydrogen) atoms. The van der Waals surface area contributed by atoms with Gasteiger partial charge in [-0.15, -0.1) is 0 Å². The Bertz CT molecular complexity index is 890. The fourth-order valence-electron chi connectivity index (χ4n) is 4.11. The first-order valence-electron chi connectivity index (χ1n) is 9.64. The fraction of sp³-hybridized carbons (Fsp3) is 0.364. The Morgan fingerprint density at radius 2 is 1.71 bits per heavy atom. The van der Waals surface area contributed by atoms with E-state index in [2.05, 4.69) is 15.9 Å². The highest BCUT2D eigenvalue weighted by Gasteiger charge is 2.43. The molecule has 0 aliphatic carbocycles. The van der Waals surface area contributed by atoms with Crippen LogP contribution in [0.15, 0.2) is 48.5 Å². The van der Waals surface area contributed by atoms with Crippen LogP contribution in [0.3, 0.4) is 0 Å². The van der Waals surface area contributed by atoms with Crippen molar-refractivity contribution in [3.05, 3.63) is 54.1 Å². The van der Waals surface area contributed by atoms with Crippen molar-refractivity contribution in [1.29, 1.82) is 0 Å². The zero-order chi connectivity index (χ0) is 19.7. The van der Waals surface area contributed by atoms with E-state index in [1.807, 2.05) is 49.4 Å². The first-order chi connectivity index (χ1) is 13.6. The standard InChI is InChI=1S/C22H25N3O3/c1-16-6-5-7-17(14-16)25-21(26)15-19(22(25)27)24-12-10-23(11-13-24)18-8-3-4-9-20(18)28-2/h3-9,14,19H,10-13,15H2,1-2H3/t19-/m1/s1. The van der Waals surface area contributed by atoms with Gasteiger partial charge in [0, 0.05) is 26.2 Å². The van der Waals surface area contributed by atoms with Crippen LogP contribution in [0.1, 0.15) is 12.0 Å². The minimum Gasteiger partial charge on any atom is -0.495 e. The van der Waals surface area contributed by atoms with Gasteiger partial charge in [-0.1, -0.05) is 24.3 Å². The summed E-state index contributed by atoms with van der Waals surface area (Å²) in [6.45, 7) is 5.03. The van der Waals surface area contributed by atoms with Gasteiger partial charge in [0.2, 0.25) is 5.91 Å². The third kappa shape index (κ3) is 3.36. The Morgan fingerprint density at radius 3 is 2.43 bits per heavy atom.